The number of hydrogen-bond acceptors (Lipinski definition) is 4. The minimum Gasteiger partial charge on any atom is -0.497 e. The highest BCUT2D eigenvalue weighted by Crippen LogP contribution is 2.24. The van der Waals surface area contributed by atoms with Gasteiger partial charge in [-0.25, -0.2) is 4.98 Å². The van der Waals surface area contributed by atoms with Gasteiger partial charge in [-0.15, -0.1) is 0 Å². The number of carbonyl (C=O) groups is 2. The Labute approximate surface area is 165 Å². The Bertz CT molecular complexity index is 859. The molecule has 1 aromatic carbocycles. The summed E-state index contributed by atoms with van der Waals surface area (Å²) in [5.41, 5.74) is 1.82. The van der Waals surface area contributed by atoms with E-state index in [0.717, 1.165) is 44.3 Å². The van der Waals surface area contributed by atoms with E-state index < -0.39 is 0 Å². The van der Waals surface area contributed by atoms with Crippen LogP contribution in [0.3, 0.4) is 0 Å². The number of anilines is 1. The number of amides is 2. The van der Waals surface area contributed by atoms with Crippen molar-refractivity contribution in [3.63, 3.8) is 0 Å². The van der Waals surface area contributed by atoms with E-state index in [1.165, 1.54) is 0 Å². The quantitative estimate of drug-likeness (QED) is 0.794. The third kappa shape index (κ3) is 4.18. The molecule has 0 radical (unpaired) electrons. The largest absolute Gasteiger partial charge is 0.497 e. The van der Waals surface area contributed by atoms with Crippen LogP contribution in [0.15, 0.2) is 24.3 Å². The molecule has 150 valence electrons. The Hall–Kier alpha value is -2.83. The van der Waals surface area contributed by atoms with Crippen molar-refractivity contribution in [1.82, 2.24) is 14.5 Å². The number of ether oxygens (including phenoxy) is 1. The molecule has 0 unspecified atom stereocenters. The minimum atomic E-state index is -0.297. The average Bonchev–Trinajstić information content (AvgIpc) is 3.11. The molecule has 7 heteroatoms. The molecular formula is C21H28N4O3. The molecule has 2 heterocycles. The Morgan fingerprint density at radius 3 is 2.89 bits per heavy atom. The van der Waals surface area contributed by atoms with Crippen molar-refractivity contribution in [1.29, 1.82) is 0 Å². The maximum atomic E-state index is 12.9. The van der Waals surface area contributed by atoms with Crippen molar-refractivity contribution in [3.05, 3.63) is 41.5 Å². The van der Waals surface area contributed by atoms with Gasteiger partial charge >= 0.3 is 0 Å². The number of carbonyl (C=O) groups excluding carboxylic acids is 2. The van der Waals surface area contributed by atoms with E-state index in [0.29, 0.717) is 29.5 Å². The van der Waals surface area contributed by atoms with Crippen LogP contribution in [0.2, 0.25) is 0 Å². The molecule has 3 rings (SSSR count). The van der Waals surface area contributed by atoms with Crippen LogP contribution >= 0.6 is 0 Å². The topological polar surface area (TPSA) is 76.5 Å². The van der Waals surface area contributed by atoms with Crippen molar-refractivity contribution in [2.75, 3.05) is 26.0 Å². The summed E-state index contributed by atoms with van der Waals surface area (Å²) in [7, 11) is 3.37. The number of imidazole rings is 1. The van der Waals surface area contributed by atoms with Crippen LogP contribution in [0.4, 0.5) is 5.69 Å². The molecular weight excluding hydrogens is 356 g/mol. The van der Waals surface area contributed by atoms with E-state index in [-0.39, 0.29) is 11.8 Å². The van der Waals surface area contributed by atoms with Crippen LogP contribution in [-0.2, 0) is 13.0 Å². The molecule has 0 saturated carbocycles. The molecule has 1 aliphatic heterocycles. The number of aromatic nitrogens is 2. The van der Waals surface area contributed by atoms with Crippen LogP contribution in [0.25, 0.3) is 0 Å². The first kappa shape index (κ1) is 19.9. The van der Waals surface area contributed by atoms with Gasteiger partial charge in [-0.1, -0.05) is 19.4 Å². The fourth-order valence-electron chi connectivity index (χ4n) is 3.45. The summed E-state index contributed by atoms with van der Waals surface area (Å²) in [5, 5.41) is 2.88. The van der Waals surface area contributed by atoms with Crippen molar-refractivity contribution in [2.45, 2.75) is 45.6 Å². The smallest absolute Gasteiger partial charge is 0.289 e. The normalized spacial score (nSPS) is 13.0. The zero-order chi connectivity index (χ0) is 20.1. The van der Waals surface area contributed by atoms with E-state index in [9.17, 15) is 9.59 Å². The van der Waals surface area contributed by atoms with Gasteiger partial charge in [-0.3, -0.25) is 9.59 Å². The van der Waals surface area contributed by atoms with Crippen molar-refractivity contribution >= 4 is 17.5 Å². The lowest BCUT2D eigenvalue weighted by atomic mass is 10.1. The lowest BCUT2D eigenvalue weighted by Gasteiger charge is -2.20. The van der Waals surface area contributed by atoms with Crippen molar-refractivity contribution in [3.8, 4) is 5.75 Å². The molecule has 1 aromatic heterocycles. The summed E-state index contributed by atoms with van der Waals surface area (Å²) in [6.07, 6.45) is 4.69. The number of methoxy groups -OCH3 is 1. The van der Waals surface area contributed by atoms with E-state index in [2.05, 4.69) is 17.2 Å². The van der Waals surface area contributed by atoms with Gasteiger partial charge in [0, 0.05) is 31.9 Å². The van der Waals surface area contributed by atoms with Gasteiger partial charge < -0.3 is 19.5 Å². The predicted molar refractivity (Wildman–Crippen MR) is 108 cm³/mol. The third-order valence-electron chi connectivity index (χ3n) is 5.05. The highest BCUT2D eigenvalue weighted by atomic mass is 16.5. The molecule has 0 spiro atoms. The number of unbranched alkanes of at least 4 members (excludes halogenated alkanes) is 1. The van der Waals surface area contributed by atoms with Gasteiger partial charge in [0.1, 0.15) is 5.75 Å². The SMILES string of the molecule is CCCCN(C)C(=O)c1nc(C(=O)Nc2cccc(OC)c2)c2n1CCCC2. The van der Waals surface area contributed by atoms with Gasteiger partial charge in [-0.2, -0.15) is 0 Å². The summed E-state index contributed by atoms with van der Waals surface area (Å²) in [6.45, 7) is 3.50. The second kappa shape index (κ2) is 8.91. The first-order valence-corrected chi connectivity index (χ1v) is 9.85. The van der Waals surface area contributed by atoms with Crippen molar-refractivity contribution < 1.29 is 14.3 Å². The maximum Gasteiger partial charge on any atom is 0.289 e. The lowest BCUT2D eigenvalue weighted by molar-refractivity contribution is 0.0775. The summed E-state index contributed by atoms with van der Waals surface area (Å²) < 4.78 is 7.13. The summed E-state index contributed by atoms with van der Waals surface area (Å²) in [5.74, 6) is 0.605. The Balaban J connectivity index is 1.87. The number of nitrogens with one attached hydrogen (secondary N) is 1. The Morgan fingerprint density at radius 1 is 1.32 bits per heavy atom. The highest BCUT2D eigenvalue weighted by Gasteiger charge is 2.28. The minimum absolute atomic E-state index is 0.128. The fraction of sp³-hybridized carbons (Fsp3) is 0.476. The van der Waals surface area contributed by atoms with Crippen LogP contribution in [-0.4, -0.2) is 47.0 Å². The lowest BCUT2D eigenvalue weighted by Crippen LogP contribution is -2.31. The number of hydrogen-bond donors (Lipinski definition) is 1. The molecule has 1 aliphatic rings. The second-order valence-electron chi connectivity index (χ2n) is 7.11. The fourth-order valence-corrected chi connectivity index (χ4v) is 3.45. The van der Waals surface area contributed by atoms with Gasteiger partial charge in [0.15, 0.2) is 11.5 Å². The summed E-state index contributed by atoms with van der Waals surface area (Å²) in [4.78, 5) is 32.0. The monoisotopic (exact) mass is 384 g/mol. The van der Waals surface area contributed by atoms with E-state index >= 15 is 0 Å². The Morgan fingerprint density at radius 2 is 2.14 bits per heavy atom. The van der Waals surface area contributed by atoms with E-state index in [1.54, 1.807) is 31.2 Å². The van der Waals surface area contributed by atoms with Gasteiger partial charge in [0.25, 0.3) is 11.8 Å². The maximum absolute atomic E-state index is 12.9. The Kier molecular flexibility index (Phi) is 6.34. The summed E-state index contributed by atoms with van der Waals surface area (Å²) in [6, 6.07) is 7.18. The number of rotatable bonds is 7. The third-order valence-corrected chi connectivity index (χ3v) is 5.05. The first-order chi connectivity index (χ1) is 13.5. The zero-order valence-corrected chi connectivity index (χ0v) is 16.8. The number of nitrogens with zero attached hydrogens (tertiary/aromatic N) is 3. The molecule has 2 aromatic rings. The molecule has 0 atom stereocenters. The van der Waals surface area contributed by atoms with Crippen LogP contribution in [0, 0.1) is 0 Å². The van der Waals surface area contributed by atoms with Gasteiger partial charge in [0.05, 0.1) is 12.8 Å². The predicted octanol–water partition coefficient (Wildman–Crippen LogP) is 3.35. The molecule has 7 nitrogen and oxygen atoms in total. The summed E-state index contributed by atoms with van der Waals surface area (Å²) >= 11 is 0. The molecule has 0 fully saturated rings. The molecule has 0 saturated heterocycles. The van der Waals surface area contributed by atoms with Gasteiger partial charge in [0.2, 0.25) is 0 Å². The number of fused-ring (bicyclic) bond motifs is 1. The molecule has 2 amide bonds. The standard InChI is InChI=1S/C21H28N4O3/c1-4-5-12-24(2)21(27)19-23-18(17-11-6-7-13-25(17)19)20(26)22-15-9-8-10-16(14-15)28-3/h8-10,14H,4-7,11-13H2,1-3H3,(H,22,26). The molecule has 0 aliphatic carbocycles. The number of benzene rings is 1. The average molecular weight is 384 g/mol. The zero-order valence-electron chi connectivity index (χ0n) is 16.8. The molecule has 1 N–H and O–H groups in total. The first-order valence-electron chi connectivity index (χ1n) is 9.85. The van der Waals surface area contributed by atoms with Crippen LogP contribution < -0.4 is 10.1 Å². The van der Waals surface area contributed by atoms with Crippen molar-refractivity contribution in [2.24, 2.45) is 0 Å². The van der Waals surface area contributed by atoms with E-state index in [4.69, 9.17) is 4.74 Å². The highest BCUT2D eigenvalue weighted by molar-refractivity contribution is 6.05. The van der Waals surface area contributed by atoms with Gasteiger partial charge in [-0.05, 0) is 37.8 Å². The van der Waals surface area contributed by atoms with Crippen LogP contribution in [0.1, 0.15) is 59.4 Å². The van der Waals surface area contributed by atoms with Crippen LogP contribution in [0.5, 0.6) is 5.75 Å². The molecule has 0 bridgehead atoms. The second-order valence-corrected chi connectivity index (χ2v) is 7.11. The molecule has 28 heavy (non-hydrogen) atoms. The van der Waals surface area contributed by atoms with E-state index in [1.807, 2.05) is 16.7 Å².